The van der Waals surface area contributed by atoms with Gasteiger partial charge in [0.25, 0.3) is 0 Å². The SMILES string of the molecule is CCOC(=O)c1ccc(C2=CC(c3cc(Cl)cc(Cl)c3)(C(F)(F)F)ON2)cc1C. The number of benzene rings is 2. The lowest BCUT2D eigenvalue weighted by Gasteiger charge is -2.28. The zero-order valence-corrected chi connectivity index (χ0v) is 16.9. The Morgan fingerprint density at radius 2 is 1.83 bits per heavy atom. The van der Waals surface area contributed by atoms with Crippen LogP contribution in [0.25, 0.3) is 5.70 Å². The Hall–Kier alpha value is -2.22. The molecule has 0 spiro atoms. The molecule has 0 saturated heterocycles. The minimum Gasteiger partial charge on any atom is -0.462 e. The van der Waals surface area contributed by atoms with Crippen molar-refractivity contribution in [3.63, 3.8) is 0 Å². The lowest BCUT2D eigenvalue weighted by molar-refractivity contribution is -0.269. The van der Waals surface area contributed by atoms with Crippen molar-refractivity contribution in [1.29, 1.82) is 0 Å². The van der Waals surface area contributed by atoms with Gasteiger partial charge in [-0.25, -0.2) is 4.79 Å². The van der Waals surface area contributed by atoms with Crippen LogP contribution in [0.1, 0.15) is 34.0 Å². The summed E-state index contributed by atoms with van der Waals surface area (Å²) in [5.41, 5.74) is 0.708. The predicted octanol–water partition coefficient (Wildman–Crippen LogP) is 5.81. The number of hydrogen-bond donors (Lipinski definition) is 1. The van der Waals surface area contributed by atoms with Crippen LogP contribution in [0.5, 0.6) is 0 Å². The fourth-order valence-electron chi connectivity index (χ4n) is 3.02. The van der Waals surface area contributed by atoms with E-state index in [2.05, 4.69) is 5.48 Å². The van der Waals surface area contributed by atoms with Crippen molar-refractivity contribution in [2.45, 2.75) is 25.6 Å². The Kier molecular flexibility index (Phi) is 5.85. The van der Waals surface area contributed by atoms with Crippen molar-refractivity contribution in [3.8, 4) is 0 Å². The first-order valence-corrected chi connectivity index (χ1v) is 9.31. The fourth-order valence-corrected chi connectivity index (χ4v) is 3.55. The van der Waals surface area contributed by atoms with Gasteiger partial charge in [-0.1, -0.05) is 29.3 Å². The molecule has 4 nitrogen and oxygen atoms in total. The number of ether oxygens (including phenoxy) is 1. The molecule has 0 saturated carbocycles. The third-order valence-corrected chi connectivity index (χ3v) is 4.85. The highest BCUT2D eigenvalue weighted by Crippen LogP contribution is 2.48. The summed E-state index contributed by atoms with van der Waals surface area (Å²) in [6, 6.07) is 8.22. The first-order valence-electron chi connectivity index (χ1n) is 8.55. The van der Waals surface area contributed by atoms with Gasteiger partial charge in [0.1, 0.15) is 0 Å². The van der Waals surface area contributed by atoms with Gasteiger partial charge in [-0.05, 0) is 61.4 Å². The molecule has 9 heteroatoms. The molecule has 154 valence electrons. The standard InChI is InChI=1S/C20H16Cl2F3NO3/c1-3-28-18(27)16-5-4-12(6-11(16)2)17-10-19(29-26-17,20(23,24)25)13-7-14(21)9-15(22)8-13/h4-10,26H,3H2,1-2H3. The molecule has 1 unspecified atom stereocenters. The first-order chi connectivity index (χ1) is 13.6. The predicted molar refractivity (Wildman–Crippen MR) is 104 cm³/mol. The summed E-state index contributed by atoms with van der Waals surface area (Å²) >= 11 is 11.8. The number of carbonyl (C=O) groups excluding carboxylic acids is 1. The highest BCUT2D eigenvalue weighted by molar-refractivity contribution is 6.34. The summed E-state index contributed by atoms with van der Waals surface area (Å²) < 4.78 is 47.1. The topological polar surface area (TPSA) is 47.6 Å². The normalized spacial score (nSPS) is 18.9. The van der Waals surface area contributed by atoms with E-state index in [9.17, 15) is 18.0 Å². The Labute approximate surface area is 175 Å². The number of alkyl halides is 3. The second-order valence-electron chi connectivity index (χ2n) is 6.40. The van der Waals surface area contributed by atoms with Crippen LogP contribution in [0.3, 0.4) is 0 Å². The van der Waals surface area contributed by atoms with Crippen LogP contribution in [0.4, 0.5) is 13.2 Å². The number of halogens is 5. The molecule has 2 aromatic rings. The van der Waals surface area contributed by atoms with E-state index in [1.54, 1.807) is 19.9 Å². The maximum Gasteiger partial charge on any atom is 0.428 e. The van der Waals surface area contributed by atoms with Gasteiger partial charge in [0, 0.05) is 15.6 Å². The number of rotatable bonds is 4. The van der Waals surface area contributed by atoms with E-state index in [0.29, 0.717) is 16.7 Å². The van der Waals surface area contributed by atoms with Crippen molar-refractivity contribution in [2.75, 3.05) is 6.61 Å². The van der Waals surface area contributed by atoms with E-state index >= 15 is 0 Å². The molecular weight excluding hydrogens is 430 g/mol. The highest BCUT2D eigenvalue weighted by atomic mass is 35.5. The molecule has 1 aliphatic heterocycles. The van der Waals surface area contributed by atoms with Crippen molar-refractivity contribution < 1.29 is 27.5 Å². The number of hydroxylamine groups is 1. The minimum atomic E-state index is -4.80. The maximum absolute atomic E-state index is 14.0. The molecule has 2 aromatic carbocycles. The van der Waals surface area contributed by atoms with Gasteiger partial charge in [-0.15, -0.1) is 0 Å². The second-order valence-corrected chi connectivity index (χ2v) is 7.28. The number of aryl methyl sites for hydroxylation is 1. The number of hydrogen-bond acceptors (Lipinski definition) is 4. The maximum atomic E-state index is 14.0. The fraction of sp³-hybridized carbons (Fsp3) is 0.250. The molecule has 3 rings (SSSR count). The number of carbonyl (C=O) groups is 1. The summed E-state index contributed by atoms with van der Waals surface area (Å²) in [5.74, 6) is -0.501. The molecule has 0 aromatic heterocycles. The summed E-state index contributed by atoms with van der Waals surface area (Å²) in [6.07, 6.45) is -3.87. The van der Waals surface area contributed by atoms with E-state index in [1.165, 1.54) is 18.2 Å². The van der Waals surface area contributed by atoms with Crippen LogP contribution in [-0.2, 0) is 15.2 Å². The van der Waals surface area contributed by atoms with E-state index in [-0.39, 0.29) is 27.9 Å². The molecule has 1 aliphatic rings. The van der Waals surface area contributed by atoms with Crippen LogP contribution in [0.15, 0.2) is 42.5 Å². The van der Waals surface area contributed by atoms with E-state index in [1.807, 2.05) is 0 Å². The summed E-state index contributed by atoms with van der Waals surface area (Å²) in [4.78, 5) is 17.0. The Balaban J connectivity index is 2.06. The molecule has 0 radical (unpaired) electrons. The summed E-state index contributed by atoms with van der Waals surface area (Å²) in [7, 11) is 0. The largest absolute Gasteiger partial charge is 0.462 e. The van der Waals surface area contributed by atoms with Gasteiger partial charge in [0.05, 0.1) is 17.9 Å². The van der Waals surface area contributed by atoms with Crippen molar-refractivity contribution in [3.05, 3.63) is 74.8 Å². The van der Waals surface area contributed by atoms with Gasteiger partial charge in [0.2, 0.25) is 5.60 Å². The average molecular weight is 446 g/mol. The number of esters is 1. The zero-order valence-electron chi connectivity index (χ0n) is 15.4. The lowest BCUT2D eigenvalue weighted by atomic mass is 9.91. The monoisotopic (exact) mass is 445 g/mol. The van der Waals surface area contributed by atoms with Crippen molar-refractivity contribution >= 4 is 34.9 Å². The second kappa shape index (κ2) is 7.89. The van der Waals surface area contributed by atoms with Crippen LogP contribution < -0.4 is 5.48 Å². The van der Waals surface area contributed by atoms with Crippen molar-refractivity contribution in [1.82, 2.24) is 5.48 Å². The average Bonchev–Trinajstić information content (AvgIpc) is 3.07. The van der Waals surface area contributed by atoms with E-state index in [4.69, 9.17) is 32.8 Å². The molecular formula is C20H16Cl2F3NO3. The van der Waals surface area contributed by atoms with Crippen LogP contribution in [0, 0.1) is 6.92 Å². The van der Waals surface area contributed by atoms with E-state index in [0.717, 1.165) is 18.2 Å². The quantitative estimate of drug-likeness (QED) is 0.603. The molecule has 0 amide bonds. The van der Waals surface area contributed by atoms with Gasteiger partial charge in [-0.2, -0.15) is 13.2 Å². The van der Waals surface area contributed by atoms with Gasteiger partial charge < -0.3 is 4.74 Å². The number of nitrogens with one attached hydrogen (secondary N) is 1. The Morgan fingerprint density at radius 1 is 1.17 bits per heavy atom. The molecule has 0 aliphatic carbocycles. The first kappa shape index (κ1) is 21.5. The van der Waals surface area contributed by atoms with Crippen LogP contribution in [0.2, 0.25) is 10.0 Å². The summed E-state index contributed by atoms with van der Waals surface area (Å²) in [6.45, 7) is 3.57. The zero-order chi connectivity index (χ0) is 21.4. The lowest BCUT2D eigenvalue weighted by Crippen LogP contribution is -2.42. The third-order valence-electron chi connectivity index (χ3n) is 4.41. The molecule has 29 heavy (non-hydrogen) atoms. The molecule has 1 N–H and O–H groups in total. The smallest absolute Gasteiger partial charge is 0.428 e. The Morgan fingerprint density at radius 3 is 2.38 bits per heavy atom. The van der Waals surface area contributed by atoms with Gasteiger partial charge >= 0.3 is 12.1 Å². The van der Waals surface area contributed by atoms with E-state index < -0.39 is 17.7 Å². The van der Waals surface area contributed by atoms with Crippen molar-refractivity contribution in [2.24, 2.45) is 0 Å². The molecule has 1 atom stereocenters. The Bertz CT molecular complexity index is 971. The summed E-state index contributed by atoms with van der Waals surface area (Å²) in [5, 5.41) is 0.104. The van der Waals surface area contributed by atoms with Crippen LogP contribution in [-0.4, -0.2) is 18.8 Å². The van der Waals surface area contributed by atoms with Crippen LogP contribution >= 0.6 is 23.2 Å². The molecule has 0 bridgehead atoms. The third kappa shape index (κ3) is 4.08. The molecule has 1 heterocycles. The molecule has 0 fully saturated rings. The minimum absolute atomic E-state index is 0.0520. The highest BCUT2D eigenvalue weighted by Gasteiger charge is 2.59. The van der Waals surface area contributed by atoms with Gasteiger partial charge in [0.15, 0.2) is 0 Å². The van der Waals surface area contributed by atoms with Gasteiger partial charge in [-0.3, -0.25) is 10.3 Å².